The summed E-state index contributed by atoms with van der Waals surface area (Å²) in [6.45, 7) is 5.72. The monoisotopic (exact) mass is 262 g/mol. The normalized spacial score (nSPS) is 19.4. The van der Waals surface area contributed by atoms with Crippen LogP contribution >= 0.6 is 0 Å². The standard InChI is InChI=1S/C15H22N2O2/c1-13-11-16-8-9-17(13)15(18)7-10-19-12-14-5-3-2-4-6-14/h2-6,13,16H,7-12H2,1H3. The zero-order valence-electron chi connectivity index (χ0n) is 11.5. The predicted octanol–water partition coefficient (Wildman–Crippen LogP) is 1.41. The Morgan fingerprint density at radius 3 is 2.95 bits per heavy atom. The number of ether oxygens (including phenoxy) is 1. The molecule has 1 N–H and O–H groups in total. The molecule has 0 bridgehead atoms. The van der Waals surface area contributed by atoms with Crippen LogP contribution in [0.2, 0.25) is 0 Å². The summed E-state index contributed by atoms with van der Waals surface area (Å²) in [5.41, 5.74) is 1.14. The van der Waals surface area contributed by atoms with Crippen LogP contribution in [0.15, 0.2) is 30.3 Å². The van der Waals surface area contributed by atoms with Gasteiger partial charge in [0.25, 0.3) is 0 Å². The summed E-state index contributed by atoms with van der Waals surface area (Å²) in [5.74, 6) is 0.196. The Balaban J connectivity index is 1.66. The van der Waals surface area contributed by atoms with Crippen molar-refractivity contribution >= 4 is 5.91 Å². The molecule has 19 heavy (non-hydrogen) atoms. The van der Waals surface area contributed by atoms with Gasteiger partial charge in [-0.15, -0.1) is 0 Å². The largest absolute Gasteiger partial charge is 0.376 e. The van der Waals surface area contributed by atoms with Crippen LogP contribution in [-0.4, -0.2) is 43.1 Å². The summed E-state index contributed by atoms with van der Waals surface area (Å²) >= 11 is 0. The summed E-state index contributed by atoms with van der Waals surface area (Å²) < 4.78 is 5.55. The Bertz CT molecular complexity index is 394. The minimum absolute atomic E-state index is 0.196. The first kappa shape index (κ1) is 14.0. The van der Waals surface area contributed by atoms with Crippen molar-refractivity contribution in [3.8, 4) is 0 Å². The van der Waals surface area contributed by atoms with E-state index in [1.54, 1.807) is 0 Å². The van der Waals surface area contributed by atoms with Crippen molar-refractivity contribution < 1.29 is 9.53 Å². The summed E-state index contributed by atoms with van der Waals surface area (Å²) in [7, 11) is 0. The van der Waals surface area contributed by atoms with E-state index in [0.717, 1.165) is 25.2 Å². The number of benzene rings is 1. The van der Waals surface area contributed by atoms with Crippen LogP contribution in [0.4, 0.5) is 0 Å². The highest BCUT2D eigenvalue weighted by Crippen LogP contribution is 2.06. The lowest BCUT2D eigenvalue weighted by Gasteiger charge is -2.34. The van der Waals surface area contributed by atoms with E-state index >= 15 is 0 Å². The van der Waals surface area contributed by atoms with Gasteiger partial charge in [0, 0.05) is 25.7 Å². The summed E-state index contributed by atoms with van der Waals surface area (Å²) in [5, 5.41) is 3.28. The maximum Gasteiger partial charge on any atom is 0.225 e. The van der Waals surface area contributed by atoms with Crippen molar-refractivity contribution in [2.24, 2.45) is 0 Å². The van der Waals surface area contributed by atoms with Crippen molar-refractivity contribution in [1.29, 1.82) is 0 Å². The fourth-order valence-corrected chi connectivity index (χ4v) is 2.28. The van der Waals surface area contributed by atoms with Gasteiger partial charge in [-0.3, -0.25) is 4.79 Å². The number of carbonyl (C=O) groups is 1. The molecular formula is C15H22N2O2. The second kappa shape index (κ2) is 7.26. The molecule has 0 radical (unpaired) electrons. The third-order valence-electron chi connectivity index (χ3n) is 3.39. The summed E-state index contributed by atoms with van der Waals surface area (Å²) in [6, 6.07) is 10.3. The lowest BCUT2D eigenvalue weighted by atomic mass is 10.2. The van der Waals surface area contributed by atoms with Gasteiger partial charge in [0.15, 0.2) is 0 Å². The average molecular weight is 262 g/mol. The van der Waals surface area contributed by atoms with E-state index in [2.05, 4.69) is 12.2 Å². The minimum Gasteiger partial charge on any atom is -0.376 e. The number of carbonyl (C=O) groups excluding carboxylic acids is 1. The lowest BCUT2D eigenvalue weighted by Crippen LogP contribution is -2.52. The SMILES string of the molecule is CC1CNCCN1C(=O)CCOCc1ccccc1. The first-order valence-corrected chi connectivity index (χ1v) is 6.89. The fraction of sp³-hybridized carbons (Fsp3) is 0.533. The van der Waals surface area contributed by atoms with Crippen LogP contribution < -0.4 is 5.32 Å². The van der Waals surface area contributed by atoms with Gasteiger partial charge in [-0.05, 0) is 12.5 Å². The number of amides is 1. The first-order valence-electron chi connectivity index (χ1n) is 6.89. The van der Waals surface area contributed by atoms with Crippen molar-refractivity contribution in [2.45, 2.75) is 26.0 Å². The molecule has 1 unspecified atom stereocenters. The molecule has 1 heterocycles. The van der Waals surface area contributed by atoms with E-state index in [1.807, 2.05) is 35.2 Å². The van der Waals surface area contributed by atoms with E-state index in [-0.39, 0.29) is 11.9 Å². The van der Waals surface area contributed by atoms with Crippen LogP contribution in [0.1, 0.15) is 18.9 Å². The van der Waals surface area contributed by atoms with E-state index in [9.17, 15) is 4.79 Å². The smallest absolute Gasteiger partial charge is 0.225 e. The second-order valence-electron chi connectivity index (χ2n) is 4.93. The molecule has 4 heteroatoms. The Morgan fingerprint density at radius 1 is 1.42 bits per heavy atom. The quantitative estimate of drug-likeness (QED) is 0.816. The van der Waals surface area contributed by atoms with Crippen molar-refractivity contribution in [3.63, 3.8) is 0 Å². The number of nitrogens with zero attached hydrogens (tertiary/aromatic N) is 1. The maximum atomic E-state index is 12.0. The van der Waals surface area contributed by atoms with Gasteiger partial charge in [-0.1, -0.05) is 30.3 Å². The van der Waals surface area contributed by atoms with Crippen LogP contribution in [-0.2, 0) is 16.1 Å². The van der Waals surface area contributed by atoms with Gasteiger partial charge in [0.05, 0.1) is 19.6 Å². The highest BCUT2D eigenvalue weighted by Gasteiger charge is 2.22. The fourth-order valence-electron chi connectivity index (χ4n) is 2.28. The number of rotatable bonds is 5. The zero-order chi connectivity index (χ0) is 13.5. The molecule has 0 saturated carbocycles. The zero-order valence-corrected chi connectivity index (χ0v) is 11.5. The Labute approximate surface area is 114 Å². The highest BCUT2D eigenvalue weighted by atomic mass is 16.5. The van der Waals surface area contributed by atoms with Crippen LogP contribution in [0.25, 0.3) is 0 Å². The second-order valence-corrected chi connectivity index (χ2v) is 4.93. The third kappa shape index (κ3) is 4.33. The molecule has 1 aliphatic heterocycles. The molecule has 4 nitrogen and oxygen atoms in total. The van der Waals surface area contributed by atoms with Crippen molar-refractivity contribution in [2.75, 3.05) is 26.2 Å². The predicted molar refractivity (Wildman–Crippen MR) is 74.8 cm³/mol. The van der Waals surface area contributed by atoms with E-state index < -0.39 is 0 Å². The van der Waals surface area contributed by atoms with Crippen LogP contribution in [0.3, 0.4) is 0 Å². The van der Waals surface area contributed by atoms with E-state index in [0.29, 0.717) is 19.6 Å². The van der Waals surface area contributed by atoms with Gasteiger partial charge in [-0.2, -0.15) is 0 Å². The number of hydrogen-bond acceptors (Lipinski definition) is 3. The molecule has 0 aliphatic carbocycles. The van der Waals surface area contributed by atoms with Crippen molar-refractivity contribution in [1.82, 2.24) is 10.2 Å². The molecule has 1 amide bonds. The van der Waals surface area contributed by atoms with E-state index in [4.69, 9.17) is 4.74 Å². The highest BCUT2D eigenvalue weighted by molar-refractivity contribution is 5.76. The lowest BCUT2D eigenvalue weighted by molar-refractivity contribution is -0.135. The molecule has 1 atom stereocenters. The minimum atomic E-state index is 0.196. The maximum absolute atomic E-state index is 12.0. The Kier molecular flexibility index (Phi) is 5.36. The molecule has 2 rings (SSSR count). The number of piperazine rings is 1. The number of hydrogen-bond donors (Lipinski definition) is 1. The molecule has 1 fully saturated rings. The van der Waals surface area contributed by atoms with Gasteiger partial charge >= 0.3 is 0 Å². The topological polar surface area (TPSA) is 41.6 Å². The first-order chi connectivity index (χ1) is 9.27. The van der Waals surface area contributed by atoms with Gasteiger partial charge < -0.3 is 15.0 Å². The Hall–Kier alpha value is -1.39. The van der Waals surface area contributed by atoms with Gasteiger partial charge in [0.1, 0.15) is 0 Å². The summed E-state index contributed by atoms with van der Waals surface area (Å²) in [4.78, 5) is 14.0. The Morgan fingerprint density at radius 2 is 2.21 bits per heavy atom. The molecule has 1 aliphatic rings. The van der Waals surface area contributed by atoms with Gasteiger partial charge in [0.2, 0.25) is 5.91 Å². The molecule has 104 valence electrons. The van der Waals surface area contributed by atoms with Crippen LogP contribution in [0, 0.1) is 0 Å². The average Bonchev–Trinajstić information content (AvgIpc) is 2.45. The molecule has 0 aromatic heterocycles. The molecule has 0 spiro atoms. The molecular weight excluding hydrogens is 240 g/mol. The third-order valence-corrected chi connectivity index (χ3v) is 3.39. The van der Waals surface area contributed by atoms with Gasteiger partial charge in [-0.25, -0.2) is 0 Å². The summed E-state index contributed by atoms with van der Waals surface area (Å²) in [6.07, 6.45) is 0.469. The van der Waals surface area contributed by atoms with E-state index in [1.165, 1.54) is 0 Å². The molecule has 1 saturated heterocycles. The van der Waals surface area contributed by atoms with Crippen molar-refractivity contribution in [3.05, 3.63) is 35.9 Å². The number of nitrogens with one attached hydrogen (secondary N) is 1. The molecule has 1 aromatic rings. The van der Waals surface area contributed by atoms with Crippen LogP contribution in [0.5, 0.6) is 0 Å². The molecule has 1 aromatic carbocycles.